The molecule has 8 nitrogen and oxygen atoms in total. The number of hydrogen-bond donors (Lipinski definition) is 0. The van der Waals surface area contributed by atoms with Crippen molar-refractivity contribution in [2.45, 2.75) is 44.9 Å². The van der Waals surface area contributed by atoms with E-state index in [9.17, 15) is 10.1 Å². The van der Waals surface area contributed by atoms with Gasteiger partial charge in [-0.15, -0.1) is 5.10 Å². The molecule has 0 saturated heterocycles. The second kappa shape index (κ2) is 6.77. The molecule has 9 heteroatoms. The first kappa shape index (κ1) is 18.0. The second-order valence-corrected chi connectivity index (χ2v) is 8.05. The lowest BCUT2D eigenvalue weighted by Gasteiger charge is -2.24. The highest BCUT2D eigenvalue weighted by molar-refractivity contribution is 7.71. The molecule has 148 valence electrons. The van der Waals surface area contributed by atoms with E-state index in [0.29, 0.717) is 17.5 Å². The fourth-order valence-corrected chi connectivity index (χ4v) is 4.36. The van der Waals surface area contributed by atoms with Crippen LogP contribution in [-0.4, -0.2) is 30.3 Å². The quantitative estimate of drug-likeness (QED) is 0.359. The average Bonchev–Trinajstić information content (AvgIpc) is 3.44. The summed E-state index contributed by atoms with van der Waals surface area (Å²) in [4.78, 5) is 17.2. The van der Waals surface area contributed by atoms with E-state index in [-0.39, 0.29) is 16.7 Å². The van der Waals surface area contributed by atoms with Crippen LogP contribution in [0.5, 0.6) is 0 Å². The van der Waals surface area contributed by atoms with Gasteiger partial charge in [-0.1, -0.05) is 0 Å². The van der Waals surface area contributed by atoms with Gasteiger partial charge in [0.15, 0.2) is 10.6 Å². The third-order valence-electron chi connectivity index (χ3n) is 5.62. The number of rotatable bonds is 5. The number of nitro groups is 1. The van der Waals surface area contributed by atoms with Crippen LogP contribution in [0.2, 0.25) is 0 Å². The molecule has 1 aliphatic carbocycles. The summed E-state index contributed by atoms with van der Waals surface area (Å²) >= 11 is 5.78. The molecule has 1 fully saturated rings. The number of nitro benzene ring substituents is 1. The Labute approximate surface area is 172 Å². The van der Waals surface area contributed by atoms with Gasteiger partial charge in [0, 0.05) is 47.9 Å². The number of non-ortho nitro benzene ring substituents is 1. The maximum absolute atomic E-state index is 11.1. The fraction of sp³-hybridized carbons (Fsp3) is 0.350. The van der Waals surface area contributed by atoms with Gasteiger partial charge in [-0.3, -0.25) is 19.7 Å². The van der Waals surface area contributed by atoms with Crippen LogP contribution in [0.3, 0.4) is 0 Å². The number of pyridine rings is 1. The third-order valence-corrected chi connectivity index (χ3v) is 6.03. The SMILES string of the molecule is CC1Cc2cc([N+](=O)[O-])ccc2N1Cn1nc(-c2cccnc2)n(C2CC2)c1=S. The number of nitrogens with zero attached hydrogens (tertiary/aromatic N) is 6. The van der Waals surface area contributed by atoms with Crippen LogP contribution in [0, 0.1) is 14.9 Å². The predicted molar refractivity (Wildman–Crippen MR) is 111 cm³/mol. The largest absolute Gasteiger partial charge is 0.349 e. The molecule has 1 aromatic carbocycles. The van der Waals surface area contributed by atoms with E-state index < -0.39 is 0 Å². The van der Waals surface area contributed by atoms with Crippen LogP contribution in [-0.2, 0) is 13.1 Å². The lowest BCUT2D eigenvalue weighted by Crippen LogP contribution is -2.32. The van der Waals surface area contributed by atoms with Crippen LogP contribution >= 0.6 is 12.2 Å². The van der Waals surface area contributed by atoms with Gasteiger partial charge in [0.25, 0.3) is 5.69 Å². The van der Waals surface area contributed by atoms with E-state index in [1.165, 1.54) is 0 Å². The maximum Gasteiger partial charge on any atom is 0.269 e. The highest BCUT2D eigenvalue weighted by Crippen LogP contribution is 2.39. The maximum atomic E-state index is 11.1. The van der Waals surface area contributed by atoms with E-state index >= 15 is 0 Å². The molecule has 1 atom stereocenters. The van der Waals surface area contributed by atoms with Crippen molar-refractivity contribution in [2.75, 3.05) is 4.90 Å². The van der Waals surface area contributed by atoms with E-state index in [1.807, 2.05) is 29.1 Å². The summed E-state index contributed by atoms with van der Waals surface area (Å²) in [6.07, 6.45) is 6.55. The molecule has 0 amide bonds. The average molecular weight is 408 g/mol. The van der Waals surface area contributed by atoms with Crippen molar-refractivity contribution < 1.29 is 4.92 Å². The van der Waals surface area contributed by atoms with Gasteiger partial charge in [0.1, 0.15) is 6.67 Å². The molecular formula is C20H20N6O2S. The second-order valence-electron chi connectivity index (χ2n) is 7.68. The topological polar surface area (TPSA) is 82.0 Å². The van der Waals surface area contributed by atoms with Crippen LogP contribution in [0.25, 0.3) is 11.4 Å². The predicted octanol–water partition coefficient (Wildman–Crippen LogP) is 4.13. The Morgan fingerprint density at radius 2 is 2.14 bits per heavy atom. The Balaban J connectivity index is 1.52. The monoisotopic (exact) mass is 408 g/mol. The van der Waals surface area contributed by atoms with Gasteiger partial charge in [0.05, 0.1) is 4.92 Å². The lowest BCUT2D eigenvalue weighted by atomic mass is 10.1. The van der Waals surface area contributed by atoms with Crippen molar-refractivity contribution >= 4 is 23.6 Å². The minimum Gasteiger partial charge on any atom is -0.349 e. The van der Waals surface area contributed by atoms with E-state index in [0.717, 1.165) is 41.9 Å². The Hall–Kier alpha value is -3.07. The van der Waals surface area contributed by atoms with Gasteiger partial charge in [-0.2, -0.15) is 0 Å². The van der Waals surface area contributed by atoms with Crippen molar-refractivity contribution in [3.8, 4) is 11.4 Å². The van der Waals surface area contributed by atoms with Gasteiger partial charge < -0.3 is 4.90 Å². The number of aromatic nitrogens is 4. The molecule has 0 N–H and O–H groups in total. The minimum absolute atomic E-state index is 0.131. The molecule has 1 unspecified atom stereocenters. The number of fused-ring (bicyclic) bond motifs is 1. The van der Waals surface area contributed by atoms with E-state index in [4.69, 9.17) is 17.3 Å². The molecule has 2 aliphatic rings. The van der Waals surface area contributed by atoms with Gasteiger partial charge in [-0.25, -0.2) is 4.68 Å². The Morgan fingerprint density at radius 3 is 2.83 bits per heavy atom. The van der Waals surface area contributed by atoms with E-state index in [1.54, 1.807) is 18.3 Å². The van der Waals surface area contributed by atoms with Crippen LogP contribution < -0.4 is 4.90 Å². The van der Waals surface area contributed by atoms with Gasteiger partial charge >= 0.3 is 0 Å². The fourth-order valence-electron chi connectivity index (χ4n) is 4.02. The summed E-state index contributed by atoms with van der Waals surface area (Å²) in [6, 6.07) is 9.59. The summed E-state index contributed by atoms with van der Waals surface area (Å²) in [5.41, 5.74) is 3.09. The van der Waals surface area contributed by atoms with E-state index in [2.05, 4.69) is 21.4 Å². The Kier molecular flexibility index (Phi) is 4.20. The Morgan fingerprint density at radius 1 is 1.31 bits per heavy atom. The Bertz CT molecular complexity index is 1150. The number of anilines is 1. The summed E-state index contributed by atoms with van der Waals surface area (Å²) in [6.45, 7) is 2.63. The standard InChI is InChI=1S/C20H20N6O2S/c1-13-9-15-10-17(26(27)28)6-7-18(15)23(13)12-24-20(29)25(16-4-5-16)19(22-24)14-3-2-8-21-11-14/h2-3,6-8,10-11,13,16H,4-5,9,12H2,1H3. The van der Waals surface area contributed by atoms with Gasteiger partial charge in [-0.05, 0) is 62.2 Å². The molecule has 3 heterocycles. The molecule has 2 aromatic heterocycles. The normalized spacial score (nSPS) is 18.1. The van der Waals surface area contributed by atoms with Crippen molar-refractivity contribution in [2.24, 2.45) is 0 Å². The van der Waals surface area contributed by atoms with Crippen molar-refractivity contribution in [3.05, 3.63) is 63.2 Å². The molecule has 0 spiro atoms. The number of benzene rings is 1. The zero-order valence-electron chi connectivity index (χ0n) is 15.9. The molecule has 1 aliphatic heterocycles. The molecule has 0 bridgehead atoms. The summed E-state index contributed by atoms with van der Waals surface area (Å²) in [5.74, 6) is 0.848. The zero-order chi connectivity index (χ0) is 20.1. The highest BCUT2D eigenvalue weighted by Gasteiger charge is 2.32. The summed E-state index contributed by atoms with van der Waals surface area (Å²) in [5, 5.41) is 15.9. The van der Waals surface area contributed by atoms with Crippen LogP contribution in [0.4, 0.5) is 11.4 Å². The molecule has 5 rings (SSSR count). The van der Waals surface area contributed by atoms with Crippen molar-refractivity contribution in [1.82, 2.24) is 19.3 Å². The first-order chi connectivity index (χ1) is 14.0. The molecule has 3 aromatic rings. The first-order valence-electron chi connectivity index (χ1n) is 9.66. The molecule has 0 radical (unpaired) electrons. The van der Waals surface area contributed by atoms with Crippen LogP contribution in [0.1, 0.15) is 31.4 Å². The molecule has 29 heavy (non-hydrogen) atoms. The number of hydrogen-bond acceptors (Lipinski definition) is 6. The highest BCUT2D eigenvalue weighted by atomic mass is 32.1. The van der Waals surface area contributed by atoms with Crippen LogP contribution in [0.15, 0.2) is 42.7 Å². The smallest absolute Gasteiger partial charge is 0.269 e. The first-order valence-corrected chi connectivity index (χ1v) is 10.1. The van der Waals surface area contributed by atoms with Gasteiger partial charge in [0.2, 0.25) is 0 Å². The summed E-state index contributed by atoms with van der Waals surface area (Å²) in [7, 11) is 0. The summed E-state index contributed by atoms with van der Waals surface area (Å²) < 4.78 is 4.71. The zero-order valence-corrected chi connectivity index (χ0v) is 16.7. The molecular weight excluding hydrogens is 388 g/mol. The lowest BCUT2D eigenvalue weighted by molar-refractivity contribution is -0.384. The minimum atomic E-state index is -0.346. The van der Waals surface area contributed by atoms with Crippen molar-refractivity contribution in [1.29, 1.82) is 0 Å². The molecule has 1 saturated carbocycles. The third kappa shape index (κ3) is 3.11. The van der Waals surface area contributed by atoms with Crippen molar-refractivity contribution in [3.63, 3.8) is 0 Å².